The van der Waals surface area contributed by atoms with E-state index in [1.165, 1.54) is 88.8 Å². The van der Waals surface area contributed by atoms with Crippen molar-refractivity contribution < 1.29 is 18.0 Å². The third kappa shape index (κ3) is 33.7. The minimum Gasteiger partial charge on any atom is -1.00 e. The van der Waals surface area contributed by atoms with E-state index in [9.17, 15) is 4.79 Å². The number of nitrogens with zero attached hydrogens (tertiary/aromatic N) is 1. The predicted molar refractivity (Wildman–Crippen MR) is 103 cm³/mol. The molecule has 0 unspecified atom stereocenters. The summed E-state index contributed by atoms with van der Waals surface area (Å²) in [7, 11) is 0. The fourth-order valence-electron chi connectivity index (χ4n) is 2.65. The quantitative estimate of drug-likeness (QED) is 0.143. The summed E-state index contributed by atoms with van der Waals surface area (Å²) in [6, 6.07) is 0. The second-order valence-corrected chi connectivity index (χ2v) is 6.18. The average molecular weight is 374 g/mol. The van der Waals surface area contributed by atoms with Crippen molar-refractivity contribution in [2.75, 3.05) is 0 Å². The van der Waals surface area contributed by atoms with Gasteiger partial charge in [-0.1, -0.05) is 96.8 Å². The normalized spacial score (nSPS) is 9.54. The summed E-state index contributed by atoms with van der Waals surface area (Å²) < 4.78 is 0. The molecule has 142 valence electrons. The topological polar surface area (TPSA) is 87.0 Å². The Morgan fingerprint density at radius 3 is 1.25 bits per heavy atom. The molecule has 24 heavy (non-hydrogen) atoms. The molecule has 0 bridgehead atoms. The van der Waals surface area contributed by atoms with Gasteiger partial charge in [0, 0.05) is 6.42 Å². The molecule has 0 heterocycles. The fourth-order valence-corrected chi connectivity index (χ4v) is 2.65. The molecule has 0 spiro atoms. The summed E-state index contributed by atoms with van der Waals surface area (Å²) in [4.78, 5) is 18.4. The Labute approximate surface area is 180 Å². The summed E-state index contributed by atoms with van der Waals surface area (Å²) in [6.07, 6.45) is 20.2. The van der Waals surface area contributed by atoms with Gasteiger partial charge in [0.2, 0.25) is 0 Å². The van der Waals surface area contributed by atoms with Crippen molar-refractivity contribution in [2.24, 2.45) is 5.34 Å². The molecule has 2 N–H and O–H groups in total. The standard InChI is InChI=1S/C18H36O2.Ca.HNO2.2H/c1-2-3-4-5-6-7-8-9-10-11-12-13-14-15-16-17-18(19)20;;2-1-3;;/h2-17H2,1H3,(H,19,20);;(H,2,3);;/q;+2;;2*-1. The van der Waals surface area contributed by atoms with E-state index in [1.54, 1.807) is 0 Å². The van der Waals surface area contributed by atoms with Crippen LogP contribution in [-0.4, -0.2) is 54.0 Å². The molecule has 0 saturated carbocycles. The molecular formula is C18H39CaNO4. The Kier molecular flexibility index (Phi) is 33.7. The Morgan fingerprint density at radius 2 is 1.00 bits per heavy atom. The van der Waals surface area contributed by atoms with Crippen LogP contribution in [0.5, 0.6) is 0 Å². The van der Waals surface area contributed by atoms with E-state index in [2.05, 4.69) is 6.92 Å². The first-order valence-electron chi connectivity index (χ1n) is 9.37. The maximum absolute atomic E-state index is 10.3. The zero-order valence-corrected chi connectivity index (χ0v) is 17.9. The molecule has 0 radical (unpaired) electrons. The molecule has 0 aromatic heterocycles. The molecule has 0 aromatic carbocycles. The molecule has 6 heteroatoms. The molecule has 0 rings (SSSR count). The third-order valence-electron chi connectivity index (χ3n) is 3.99. The SMILES string of the molecule is CCCCCCCCCCCCCCCCCC(=O)O.O=NO.[Ca+2].[H-].[H-]. The van der Waals surface area contributed by atoms with Gasteiger partial charge >= 0.3 is 43.7 Å². The number of hydrogen-bond donors (Lipinski definition) is 2. The zero-order chi connectivity index (χ0) is 17.6. The van der Waals surface area contributed by atoms with Crippen LogP contribution in [0, 0.1) is 4.91 Å². The number of aliphatic carboxylic acids is 1. The number of carbonyl (C=O) groups is 1. The Balaban J connectivity index is -0.000000228. The molecule has 0 aliphatic heterocycles. The van der Waals surface area contributed by atoms with Crippen molar-refractivity contribution in [1.29, 1.82) is 0 Å². The molecule has 0 fully saturated rings. The van der Waals surface area contributed by atoms with Gasteiger partial charge in [-0.15, -0.1) is 4.91 Å². The molecular weight excluding hydrogens is 334 g/mol. The van der Waals surface area contributed by atoms with Crippen LogP contribution in [0.4, 0.5) is 0 Å². The summed E-state index contributed by atoms with van der Waals surface area (Å²) in [5.41, 5.74) is 0. The Hall–Kier alpha value is 0.130. The number of unbranched alkanes of at least 4 members (excludes halogenated alkanes) is 14. The Bertz CT molecular complexity index is 263. The first-order chi connectivity index (χ1) is 11.2. The largest absolute Gasteiger partial charge is 2.00 e. The van der Waals surface area contributed by atoms with Crippen LogP contribution in [-0.2, 0) is 4.79 Å². The van der Waals surface area contributed by atoms with Gasteiger partial charge in [0.25, 0.3) is 0 Å². The fraction of sp³-hybridized carbons (Fsp3) is 0.944. The molecule has 0 saturated heterocycles. The molecule has 5 nitrogen and oxygen atoms in total. The van der Waals surface area contributed by atoms with E-state index < -0.39 is 5.97 Å². The van der Waals surface area contributed by atoms with Gasteiger partial charge in [-0.3, -0.25) is 4.79 Å². The molecule has 0 aliphatic carbocycles. The van der Waals surface area contributed by atoms with Crippen molar-refractivity contribution >= 4 is 43.7 Å². The average Bonchev–Trinajstić information content (AvgIpc) is 2.51. The van der Waals surface area contributed by atoms with Crippen molar-refractivity contribution in [2.45, 2.75) is 110 Å². The van der Waals surface area contributed by atoms with Gasteiger partial charge in [0.1, 0.15) is 0 Å². The predicted octanol–water partition coefficient (Wildman–Crippen LogP) is 6.32. The van der Waals surface area contributed by atoms with Gasteiger partial charge in [0.05, 0.1) is 0 Å². The Morgan fingerprint density at radius 1 is 0.750 bits per heavy atom. The van der Waals surface area contributed by atoms with E-state index >= 15 is 0 Å². The van der Waals surface area contributed by atoms with Gasteiger partial charge in [-0.25, -0.2) is 0 Å². The second-order valence-electron chi connectivity index (χ2n) is 6.18. The van der Waals surface area contributed by atoms with Gasteiger partial charge in [-0.2, -0.15) is 0 Å². The minimum absolute atomic E-state index is 0. The minimum atomic E-state index is -0.653. The van der Waals surface area contributed by atoms with E-state index in [0.29, 0.717) is 6.42 Å². The summed E-state index contributed by atoms with van der Waals surface area (Å²) in [5.74, 6) is -0.653. The van der Waals surface area contributed by atoms with Crippen LogP contribution < -0.4 is 0 Å². The molecule has 0 atom stereocenters. The molecule has 0 aliphatic rings. The van der Waals surface area contributed by atoms with E-state index in [-0.39, 0.29) is 40.6 Å². The van der Waals surface area contributed by atoms with Crippen molar-refractivity contribution in [3.8, 4) is 0 Å². The van der Waals surface area contributed by atoms with Crippen LogP contribution in [0.3, 0.4) is 0 Å². The number of carboxylic acids is 1. The first kappa shape index (κ1) is 28.9. The number of rotatable bonds is 16. The van der Waals surface area contributed by atoms with Gasteiger partial charge < -0.3 is 13.2 Å². The van der Waals surface area contributed by atoms with Crippen LogP contribution in [0.25, 0.3) is 0 Å². The first-order valence-corrected chi connectivity index (χ1v) is 9.37. The van der Waals surface area contributed by atoms with Crippen LogP contribution in [0.15, 0.2) is 5.34 Å². The van der Waals surface area contributed by atoms with Crippen LogP contribution in [0.2, 0.25) is 0 Å². The van der Waals surface area contributed by atoms with Crippen molar-refractivity contribution in [3.63, 3.8) is 0 Å². The monoisotopic (exact) mass is 373 g/mol. The van der Waals surface area contributed by atoms with Crippen LogP contribution in [0.1, 0.15) is 113 Å². The summed E-state index contributed by atoms with van der Waals surface area (Å²) in [5, 5.41) is 16.4. The summed E-state index contributed by atoms with van der Waals surface area (Å²) >= 11 is 0. The van der Waals surface area contributed by atoms with E-state index in [1.807, 2.05) is 0 Å². The van der Waals surface area contributed by atoms with Crippen molar-refractivity contribution in [3.05, 3.63) is 4.91 Å². The van der Waals surface area contributed by atoms with Gasteiger partial charge in [-0.05, 0) is 6.42 Å². The van der Waals surface area contributed by atoms with E-state index in [0.717, 1.165) is 12.8 Å². The van der Waals surface area contributed by atoms with Crippen LogP contribution >= 0.6 is 0 Å². The molecule has 0 aromatic rings. The van der Waals surface area contributed by atoms with Crippen molar-refractivity contribution in [1.82, 2.24) is 0 Å². The number of hydrogen-bond acceptors (Lipinski definition) is 3. The third-order valence-corrected chi connectivity index (χ3v) is 3.99. The number of carboxylic acid groups (broad SMARTS) is 1. The maximum atomic E-state index is 10.3. The maximum Gasteiger partial charge on any atom is 2.00 e. The second kappa shape index (κ2) is 28.0. The zero-order valence-electron chi connectivity index (χ0n) is 17.7. The smallest absolute Gasteiger partial charge is 1.00 e. The molecule has 0 amide bonds. The summed E-state index contributed by atoms with van der Waals surface area (Å²) in [6.45, 7) is 2.27. The van der Waals surface area contributed by atoms with E-state index in [4.69, 9.17) is 15.2 Å². The van der Waals surface area contributed by atoms with Gasteiger partial charge in [0.15, 0.2) is 5.34 Å².